The number of sulfone groups is 1. The summed E-state index contributed by atoms with van der Waals surface area (Å²) in [4.78, 5) is 24.8. The number of hydrogen-bond donors (Lipinski definition) is 0. The molecule has 178 valence electrons. The second-order valence-corrected chi connectivity index (χ2v) is 10.6. The molecule has 2 rings (SSSR count). The minimum absolute atomic E-state index is 0.0317. The molecule has 2 aromatic carbocycles. The second kappa shape index (κ2) is 10.7. The lowest BCUT2D eigenvalue weighted by Gasteiger charge is -2.23. The van der Waals surface area contributed by atoms with Gasteiger partial charge in [-0.1, -0.05) is 24.3 Å². The Morgan fingerprint density at radius 2 is 1.61 bits per heavy atom. The molecular formula is C24H29FNO6S+. The summed E-state index contributed by atoms with van der Waals surface area (Å²) >= 11 is 0. The van der Waals surface area contributed by atoms with Crippen LogP contribution in [0.15, 0.2) is 53.4 Å². The molecule has 0 fully saturated rings. The third-order valence-electron chi connectivity index (χ3n) is 4.67. The van der Waals surface area contributed by atoms with Crippen LogP contribution in [0.4, 0.5) is 4.39 Å². The molecule has 0 aliphatic rings. The molecule has 33 heavy (non-hydrogen) atoms. The molecule has 0 bridgehead atoms. The van der Waals surface area contributed by atoms with Gasteiger partial charge in [0, 0.05) is 18.8 Å². The van der Waals surface area contributed by atoms with Crippen molar-refractivity contribution in [2.24, 2.45) is 0 Å². The summed E-state index contributed by atoms with van der Waals surface area (Å²) in [6.07, 6.45) is 1.08. The highest BCUT2D eigenvalue weighted by Gasteiger charge is 2.23. The van der Waals surface area contributed by atoms with Crippen molar-refractivity contribution in [3.63, 3.8) is 0 Å². The first kappa shape index (κ1) is 26.2. The molecule has 2 aromatic rings. The van der Waals surface area contributed by atoms with E-state index in [9.17, 15) is 22.4 Å². The van der Waals surface area contributed by atoms with Gasteiger partial charge in [0.05, 0.1) is 31.6 Å². The molecule has 0 unspecified atom stereocenters. The predicted molar refractivity (Wildman–Crippen MR) is 123 cm³/mol. The average Bonchev–Trinajstić information content (AvgIpc) is 2.69. The minimum atomic E-state index is -3.44. The van der Waals surface area contributed by atoms with Gasteiger partial charge >= 0.3 is 11.9 Å². The van der Waals surface area contributed by atoms with Gasteiger partial charge in [0.1, 0.15) is 25.6 Å². The number of likely N-dealkylation sites (N-methyl/N-ethyl adjacent to an activating group) is 1. The summed E-state index contributed by atoms with van der Waals surface area (Å²) in [5.74, 6) is -1.83. The van der Waals surface area contributed by atoms with E-state index in [1.165, 1.54) is 49.4 Å². The van der Waals surface area contributed by atoms with Gasteiger partial charge in [0.15, 0.2) is 9.84 Å². The maximum atomic E-state index is 14.0. The maximum Gasteiger partial charge on any atom is 0.339 e. The summed E-state index contributed by atoms with van der Waals surface area (Å²) in [5, 5.41) is 0. The molecule has 0 saturated heterocycles. The first-order valence-corrected chi connectivity index (χ1v) is 12.1. The van der Waals surface area contributed by atoms with Gasteiger partial charge in [-0.25, -0.2) is 17.6 Å². The molecule has 0 heterocycles. The van der Waals surface area contributed by atoms with Crippen molar-refractivity contribution >= 4 is 32.9 Å². The smallest absolute Gasteiger partial charge is 0.339 e. The number of hydrogen-bond acceptors (Lipinski definition) is 6. The van der Waals surface area contributed by atoms with E-state index in [1.54, 1.807) is 6.07 Å². The lowest BCUT2D eigenvalue weighted by atomic mass is 9.95. The SMILES string of the molecule is CC(=O)OCC(=C(C(=O)OCC[N+](C)(C)C)c1cccc(F)c1)c1ccc(S(C)(=O)=O)cc1. The Morgan fingerprint density at radius 1 is 0.970 bits per heavy atom. The highest BCUT2D eigenvalue weighted by atomic mass is 32.2. The first-order valence-electron chi connectivity index (χ1n) is 10.2. The fraction of sp³-hybridized carbons (Fsp3) is 0.333. The monoisotopic (exact) mass is 478 g/mol. The maximum absolute atomic E-state index is 14.0. The van der Waals surface area contributed by atoms with Crippen LogP contribution in [0, 0.1) is 5.82 Å². The molecule has 0 amide bonds. The van der Waals surface area contributed by atoms with Crippen LogP contribution >= 0.6 is 0 Å². The Morgan fingerprint density at radius 3 is 2.12 bits per heavy atom. The number of carbonyl (C=O) groups is 2. The van der Waals surface area contributed by atoms with Gasteiger partial charge in [0.25, 0.3) is 0 Å². The van der Waals surface area contributed by atoms with E-state index in [2.05, 4.69) is 0 Å². The lowest BCUT2D eigenvalue weighted by molar-refractivity contribution is -0.870. The quantitative estimate of drug-likeness (QED) is 0.238. The van der Waals surface area contributed by atoms with Crippen LogP contribution < -0.4 is 0 Å². The number of esters is 2. The van der Waals surface area contributed by atoms with Gasteiger partial charge in [-0.15, -0.1) is 0 Å². The zero-order valence-electron chi connectivity index (χ0n) is 19.4. The van der Waals surface area contributed by atoms with E-state index in [1.807, 2.05) is 21.1 Å². The summed E-state index contributed by atoms with van der Waals surface area (Å²) in [7, 11) is 2.42. The van der Waals surface area contributed by atoms with E-state index in [0.717, 1.165) is 6.26 Å². The zero-order valence-corrected chi connectivity index (χ0v) is 20.2. The van der Waals surface area contributed by atoms with Crippen molar-refractivity contribution < 1.29 is 36.4 Å². The topological polar surface area (TPSA) is 86.7 Å². The highest BCUT2D eigenvalue weighted by molar-refractivity contribution is 7.90. The van der Waals surface area contributed by atoms with Crippen LogP contribution in [-0.2, 0) is 28.9 Å². The number of nitrogens with zero attached hydrogens (tertiary/aromatic N) is 1. The number of benzene rings is 2. The Balaban J connectivity index is 2.64. The van der Waals surface area contributed by atoms with Crippen molar-refractivity contribution in [3.05, 3.63) is 65.5 Å². The molecule has 0 saturated carbocycles. The third-order valence-corrected chi connectivity index (χ3v) is 5.79. The standard InChI is InChI=1S/C24H29FNO6S/c1-17(27)32-16-22(18-9-11-21(12-10-18)33(5,29)30)23(19-7-6-8-20(25)15-19)24(28)31-14-13-26(2,3)4/h6-12,15H,13-14,16H2,1-5H3/q+1. The van der Waals surface area contributed by atoms with Crippen LogP contribution in [-0.4, -0.2) is 72.0 Å². The molecule has 0 atom stereocenters. The van der Waals surface area contributed by atoms with Crippen LogP contribution in [0.25, 0.3) is 11.1 Å². The Labute approximate surface area is 193 Å². The molecular weight excluding hydrogens is 449 g/mol. The third kappa shape index (κ3) is 8.11. The van der Waals surface area contributed by atoms with E-state index >= 15 is 0 Å². The summed E-state index contributed by atoms with van der Waals surface area (Å²) in [5.41, 5.74) is 0.987. The van der Waals surface area contributed by atoms with Crippen molar-refractivity contribution in [2.75, 3.05) is 47.2 Å². The van der Waals surface area contributed by atoms with Crippen molar-refractivity contribution in [3.8, 4) is 0 Å². The number of quaternary nitrogens is 1. The van der Waals surface area contributed by atoms with Crippen LogP contribution in [0.3, 0.4) is 0 Å². The fourth-order valence-corrected chi connectivity index (χ4v) is 3.55. The van der Waals surface area contributed by atoms with Crippen LogP contribution in [0.1, 0.15) is 18.1 Å². The number of halogens is 1. The zero-order chi connectivity index (χ0) is 24.8. The summed E-state index contributed by atoms with van der Waals surface area (Å²) < 4.78 is 48.9. The minimum Gasteiger partial charge on any atom is -0.461 e. The van der Waals surface area contributed by atoms with Gasteiger partial charge in [0.2, 0.25) is 0 Å². The number of carbonyl (C=O) groups excluding carboxylic acids is 2. The number of rotatable bonds is 9. The van der Waals surface area contributed by atoms with E-state index in [4.69, 9.17) is 9.47 Å². The van der Waals surface area contributed by atoms with Crippen molar-refractivity contribution in [2.45, 2.75) is 11.8 Å². The first-order chi connectivity index (χ1) is 15.3. The van der Waals surface area contributed by atoms with Crippen LogP contribution in [0.5, 0.6) is 0 Å². The normalized spacial score (nSPS) is 12.7. The van der Waals surface area contributed by atoms with Crippen molar-refractivity contribution in [1.82, 2.24) is 0 Å². The molecule has 0 aromatic heterocycles. The van der Waals surface area contributed by atoms with Crippen molar-refractivity contribution in [1.29, 1.82) is 0 Å². The molecule has 0 aliphatic carbocycles. The second-order valence-electron chi connectivity index (χ2n) is 8.59. The van der Waals surface area contributed by atoms with Gasteiger partial charge in [-0.2, -0.15) is 0 Å². The van der Waals surface area contributed by atoms with Gasteiger partial charge in [-0.05, 0) is 35.4 Å². The molecule has 0 radical (unpaired) electrons. The molecule has 7 nitrogen and oxygen atoms in total. The predicted octanol–water partition coefficient (Wildman–Crippen LogP) is 2.95. The van der Waals surface area contributed by atoms with Gasteiger partial charge < -0.3 is 14.0 Å². The van der Waals surface area contributed by atoms with E-state index in [-0.39, 0.29) is 34.8 Å². The number of ether oxygens (including phenoxy) is 2. The Hall–Kier alpha value is -3.04. The van der Waals surface area contributed by atoms with Gasteiger partial charge in [-0.3, -0.25) is 4.79 Å². The van der Waals surface area contributed by atoms with E-state index < -0.39 is 27.6 Å². The Kier molecular flexibility index (Phi) is 8.51. The largest absolute Gasteiger partial charge is 0.461 e. The average molecular weight is 479 g/mol. The molecule has 0 aliphatic heterocycles. The van der Waals surface area contributed by atoms with E-state index in [0.29, 0.717) is 16.6 Å². The lowest BCUT2D eigenvalue weighted by Crippen LogP contribution is -2.38. The summed E-state index contributed by atoms with van der Waals surface area (Å²) in [6, 6.07) is 11.2. The van der Waals surface area contributed by atoms with Crippen LogP contribution in [0.2, 0.25) is 0 Å². The fourth-order valence-electron chi connectivity index (χ4n) is 2.92. The molecule has 9 heteroatoms. The summed E-state index contributed by atoms with van der Waals surface area (Å²) in [6.45, 7) is 1.61. The molecule has 0 spiro atoms. The highest BCUT2D eigenvalue weighted by Crippen LogP contribution is 2.29. The Bertz CT molecular complexity index is 1150. The molecule has 0 N–H and O–H groups in total.